The van der Waals surface area contributed by atoms with E-state index in [9.17, 15) is 13.2 Å². The molecule has 1 unspecified atom stereocenters. The molecule has 19 heavy (non-hydrogen) atoms. The first kappa shape index (κ1) is 16.0. The summed E-state index contributed by atoms with van der Waals surface area (Å²) in [5.74, 6) is 0. The third-order valence-electron chi connectivity index (χ3n) is 3.48. The molecule has 1 rings (SSSR count). The van der Waals surface area contributed by atoms with E-state index in [1.54, 1.807) is 7.05 Å². The predicted octanol–water partition coefficient (Wildman–Crippen LogP) is 4.08. The molecule has 0 aromatic heterocycles. The maximum atomic E-state index is 12.3. The molecule has 0 amide bonds. The SMILES string of the molecule is CNC(CCC(F)(F)F)Cc1c(C)cc(C)cc1C. The topological polar surface area (TPSA) is 12.0 Å². The van der Waals surface area contributed by atoms with Crippen LogP contribution >= 0.6 is 0 Å². The highest BCUT2D eigenvalue weighted by atomic mass is 19.4. The first-order valence-electron chi connectivity index (χ1n) is 6.53. The molecule has 0 fully saturated rings. The molecule has 0 heterocycles. The maximum absolute atomic E-state index is 12.3. The summed E-state index contributed by atoms with van der Waals surface area (Å²) in [6, 6.07) is 4.03. The number of hydrogen-bond donors (Lipinski definition) is 1. The van der Waals surface area contributed by atoms with E-state index in [1.165, 1.54) is 5.56 Å². The molecule has 108 valence electrons. The lowest BCUT2D eigenvalue weighted by molar-refractivity contribution is -0.136. The van der Waals surface area contributed by atoms with E-state index in [0.29, 0.717) is 6.42 Å². The van der Waals surface area contributed by atoms with Gasteiger partial charge in [-0.25, -0.2) is 0 Å². The van der Waals surface area contributed by atoms with E-state index in [4.69, 9.17) is 0 Å². The van der Waals surface area contributed by atoms with E-state index in [-0.39, 0.29) is 12.5 Å². The van der Waals surface area contributed by atoms with Gasteiger partial charge in [0.05, 0.1) is 0 Å². The Morgan fingerprint density at radius 1 is 1.11 bits per heavy atom. The zero-order valence-corrected chi connectivity index (χ0v) is 12.0. The first-order valence-corrected chi connectivity index (χ1v) is 6.53. The van der Waals surface area contributed by atoms with Crippen molar-refractivity contribution >= 4 is 0 Å². The number of hydrogen-bond acceptors (Lipinski definition) is 1. The second-order valence-corrected chi connectivity index (χ2v) is 5.22. The van der Waals surface area contributed by atoms with Gasteiger partial charge in [-0.05, 0) is 57.4 Å². The Morgan fingerprint density at radius 2 is 1.63 bits per heavy atom. The van der Waals surface area contributed by atoms with Crippen LogP contribution < -0.4 is 5.32 Å². The molecule has 1 N–H and O–H groups in total. The monoisotopic (exact) mass is 273 g/mol. The fraction of sp³-hybridized carbons (Fsp3) is 0.600. The summed E-state index contributed by atoms with van der Waals surface area (Å²) in [7, 11) is 1.72. The second kappa shape index (κ2) is 6.42. The van der Waals surface area contributed by atoms with Gasteiger partial charge in [0, 0.05) is 12.5 Å². The van der Waals surface area contributed by atoms with E-state index in [2.05, 4.69) is 17.4 Å². The first-order chi connectivity index (χ1) is 8.73. The standard InChI is InChI=1S/C15H22F3N/c1-10-7-11(2)14(12(3)8-10)9-13(19-4)5-6-15(16,17)18/h7-8,13,19H,5-6,9H2,1-4H3. The molecule has 0 aliphatic rings. The summed E-state index contributed by atoms with van der Waals surface area (Å²) in [5, 5.41) is 2.99. The molecule has 0 bridgehead atoms. The number of benzene rings is 1. The molecular formula is C15H22F3N. The summed E-state index contributed by atoms with van der Waals surface area (Å²) in [5.41, 5.74) is 4.66. The van der Waals surface area contributed by atoms with Crippen LogP contribution in [0.2, 0.25) is 0 Å². The molecule has 1 atom stereocenters. The molecule has 0 aliphatic heterocycles. The fourth-order valence-corrected chi connectivity index (χ4v) is 2.46. The van der Waals surface area contributed by atoms with Gasteiger partial charge >= 0.3 is 6.18 Å². The third kappa shape index (κ3) is 5.23. The Morgan fingerprint density at radius 3 is 2.05 bits per heavy atom. The highest BCUT2D eigenvalue weighted by Crippen LogP contribution is 2.24. The van der Waals surface area contributed by atoms with Crippen LogP contribution in [0.4, 0.5) is 13.2 Å². The molecule has 0 saturated carbocycles. The summed E-state index contributed by atoms with van der Waals surface area (Å²) in [4.78, 5) is 0. The lowest BCUT2D eigenvalue weighted by Crippen LogP contribution is -2.30. The minimum atomic E-state index is -4.08. The van der Waals surface area contributed by atoms with Crippen LogP contribution in [0.1, 0.15) is 35.1 Å². The second-order valence-electron chi connectivity index (χ2n) is 5.22. The molecule has 0 aliphatic carbocycles. The maximum Gasteiger partial charge on any atom is 0.389 e. The Labute approximate surface area is 113 Å². The Balaban J connectivity index is 2.76. The van der Waals surface area contributed by atoms with Crippen molar-refractivity contribution in [3.05, 3.63) is 34.4 Å². The van der Waals surface area contributed by atoms with Gasteiger partial charge in [0.2, 0.25) is 0 Å². The number of aryl methyl sites for hydroxylation is 3. The Bertz CT molecular complexity index is 401. The van der Waals surface area contributed by atoms with Gasteiger partial charge in [0.15, 0.2) is 0 Å². The number of likely N-dealkylation sites (N-methyl/N-ethyl adjacent to an activating group) is 1. The van der Waals surface area contributed by atoms with Gasteiger partial charge in [-0.3, -0.25) is 0 Å². The average Bonchev–Trinajstić information content (AvgIpc) is 2.25. The van der Waals surface area contributed by atoms with Gasteiger partial charge in [0.1, 0.15) is 0 Å². The number of rotatable bonds is 5. The van der Waals surface area contributed by atoms with Crippen molar-refractivity contribution in [2.75, 3.05) is 7.05 Å². The van der Waals surface area contributed by atoms with Crippen LogP contribution in [0, 0.1) is 20.8 Å². The third-order valence-corrected chi connectivity index (χ3v) is 3.48. The fourth-order valence-electron chi connectivity index (χ4n) is 2.46. The molecule has 4 heteroatoms. The van der Waals surface area contributed by atoms with E-state index in [0.717, 1.165) is 16.7 Å². The van der Waals surface area contributed by atoms with Crippen molar-refractivity contribution in [3.63, 3.8) is 0 Å². The molecule has 1 nitrogen and oxygen atoms in total. The lowest BCUT2D eigenvalue weighted by Gasteiger charge is -2.20. The van der Waals surface area contributed by atoms with E-state index < -0.39 is 12.6 Å². The van der Waals surface area contributed by atoms with E-state index in [1.807, 2.05) is 20.8 Å². The highest BCUT2D eigenvalue weighted by Gasteiger charge is 2.28. The summed E-state index contributed by atoms with van der Waals surface area (Å²) in [6.07, 6.45) is -4.05. The van der Waals surface area contributed by atoms with Crippen LogP contribution in [0.5, 0.6) is 0 Å². The zero-order chi connectivity index (χ0) is 14.6. The largest absolute Gasteiger partial charge is 0.389 e. The Hall–Kier alpha value is -1.03. The van der Waals surface area contributed by atoms with Crippen molar-refractivity contribution < 1.29 is 13.2 Å². The van der Waals surface area contributed by atoms with Crippen molar-refractivity contribution in [3.8, 4) is 0 Å². The minimum Gasteiger partial charge on any atom is -0.317 e. The summed E-state index contributed by atoms with van der Waals surface area (Å²) < 4.78 is 36.8. The molecule has 0 radical (unpaired) electrons. The molecule has 1 aromatic rings. The van der Waals surface area contributed by atoms with Gasteiger partial charge in [-0.2, -0.15) is 13.2 Å². The Kier molecular flexibility index (Phi) is 5.41. The molecule has 0 saturated heterocycles. The highest BCUT2D eigenvalue weighted by molar-refractivity contribution is 5.38. The molecule has 0 spiro atoms. The van der Waals surface area contributed by atoms with Crippen LogP contribution in [0.15, 0.2) is 12.1 Å². The number of nitrogens with one attached hydrogen (secondary N) is 1. The zero-order valence-electron chi connectivity index (χ0n) is 12.0. The van der Waals surface area contributed by atoms with Crippen molar-refractivity contribution in [1.29, 1.82) is 0 Å². The van der Waals surface area contributed by atoms with Gasteiger partial charge in [0.25, 0.3) is 0 Å². The number of halogens is 3. The van der Waals surface area contributed by atoms with Crippen LogP contribution in [-0.2, 0) is 6.42 Å². The average molecular weight is 273 g/mol. The normalized spacial score (nSPS) is 13.6. The molecular weight excluding hydrogens is 251 g/mol. The van der Waals surface area contributed by atoms with Crippen molar-refractivity contribution in [2.45, 2.75) is 52.3 Å². The van der Waals surface area contributed by atoms with Crippen LogP contribution in [0.3, 0.4) is 0 Å². The quantitative estimate of drug-likeness (QED) is 0.852. The van der Waals surface area contributed by atoms with E-state index >= 15 is 0 Å². The minimum absolute atomic E-state index is 0.118. The summed E-state index contributed by atoms with van der Waals surface area (Å²) in [6.45, 7) is 6.07. The predicted molar refractivity (Wildman–Crippen MR) is 72.5 cm³/mol. The molecule has 1 aromatic carbocycles. The van der Waals surface area contributed by atoms with Gasteiger partial charge < -0.3 is 5.32 Å². The number of alkyl halides is 3. The smallest absolute Gasteiger partial charge is 0.317 e. The van der Waals surface area contributed by atoms with Gasteiger partial charge in [-0.15, -0.1) is 0 Å². The van der Waals surface area contributed by atoms with Gasteiger partial charge in [-0.1, -0.05) is 17.7 Å². The summed E-state index contributed by atoms with van der Waals surface area (Å²) >= 11 is 0. The van der Waals surface area contributed by atoms with Crippen molar-refractivity contribution in [2.24, 2.45) is 0 Å². The lowest BCUT2D eigenvalue weighted by atomic mass is 9.93. The van der Waals surface area contributed by atoms with Crippen LogP contribution in [-0.4, -0.2) is 19.3 Å². The van der Waals surface area contributed by atoms with Crippen molar-refractivity contribution in [1.82, 2.24) is 5.32 Å². The van der Waals surface area contributed by atoms with Crippen LogP contribution in [0.25, 0.3) is 0 Å².